The van der Waals surface area contributed by atoms with E-state index < -0.39 is 6.09 Å². The molecule has 14 heavy (non-hydrogen) atoms. The molecule has 0 spiro atoms. The molecule has 0 bridgehead atoms. The smallest absolute Gasteiger partial charge is 0.410 e. The van der Waals surface area contributed by atoms with Gasteiger partial charge < -0.3 is 15.8 Å². The minimum Gasteiger partial charge on any atom is -0.410 e. The Kier molecular flexibility index (Phi) is 3.94. The van der Waals surface area contributed by atoms with Crippen LogP contribution in [0.1, 0.15) is 6.92 Å². The van der Waals surface area contributed by atoms with Crippen LogP contribution in [0.3, 0.4) is 0 Å². The predicted octanol–water partition coefficient (Wildman–Crippen LogP) is 1.12. The SMILES string of the molecule is CC(N)CNC(=O)Oc1ccccc1. The van der Waals surface area contributed by atoms with Crippen molar-refractivity contribution in [3.8, 4) is 5.75 Å². The van der Waals surface area contributed by atoms with Crippen LogP contribution in [-0.4, -0.2) is 18.7 Å². The van der Waals surface area contributed by atoms with Crippen LogP contribution in [0, 0.1) is 0 Å². The fourth-order valence-electron chi connectivity index (χ4n) is 0.876. The standard InChI is InChI=1S/C10H14N2O2/c1-8(11)7-12-10(13)14-9-5-3-2-4-6-9/h2-6,8H,7,11H2,1H3,(H,12,13). The van der Waals surface area contributed by atoms with Gasteiger partial charge in [-0.3, -0.25) is 0 Å². The lowest BCUT2D eigenvalue weighted by Gasteiger charge is -2.07. The van der Waals surface area contributed by atoms with Crippen molar-refractivity contribution in [3.05, 3.63) is 30.3 Å². The second-order valence-electron chi connectivity index (χ2n) is 3.06. The zero-order chi connectivity index (χ0) is 10.4. The second kappa shape index (κ2) is 5.24. The highest BCUT2D eigenvalue weighted by Crippen LogP contribution is 2.07. The number of para-hydroxylation sites is 1. The summed E-state index contributed by atoms with van der Waals surface area (Å²) in [5.74, 6) is 0.523. The van der Waals surface area contributed by atoms with E-state index in [1.807, 2.05) is 13.0 Å². The number of hydrogen-bond donors (Lipinski definition) is 2. The molecule has 0 aliphatic heterocycles. The first-order valence-corrected chi connectivity index (χ1v) is 4.45. The predicted molar refractivity (Wildman–Crippen MR) is 54.1 cm³/mol. The molecule has 0 aliphatic carbocycles. The molecule has 0 saturated heterocycles. The lowest BCUT2D eigenvalue weighted by molar-refractivity contribution is 0.200. The van der Waals surface area contributed by atoms with Gasteiger partial charge >= 0.3 is 6.09 Å². The Morgan fingerprint density at radius 1 is 1.50 bits per heavy atom. The minimum absolute atomic E-state index is 0.0710. The number of rotatable bonds is 3. The van der Waals surface area contributed by atoms with Gasteiger partial charge in [-0.25, -0.2) is 4.79 Å². The third kappa shape index (κ3) is 3.91. The van der Waals surface area contributed by atoms with Crippen LogP contribution >= 0.6 is 0 Å². The normalized spacial score (nSPS) is 11.9. The number of carbonyl (C=O) groups is 1. The van der Waals surface area contributed by atoms with Crippen molar-refractivity contribution in [2.75, 3.05) is 6.54 Å². The molecular weight excluding hydrogens is 180 g/mol. The number of amides is 1. The molecule has 1 aromatic carbocycles. The van der Waals surface area contributed by atoms with E-state index in [-0.39, 0.29) is 6.04 Å². The lowest BCUT2D eigenvalue weighted by Crippen LogP contribution is -2.36. The maximum Gasteiger partial charge on any atom is 0.412 e. The number of nitrogens with one attached hydrogen (secondary N) is 1. The maximum atomic E-state index is 11.1. The van der Waals surface area contributed by atoms with E-state index in [0.717, 1.165) is 0 Å². The third-order valence-corrected chi connectivity index (χ3v) is 1.52. The Balaban J connectivity index is 2.35. The first kappa shape index (κ1) is 10.5. The van der Waals surface area contributed by atoms with Crippen molar-refractivity contribution in [1.29, 1.82) is 0 Å². The Hall–Kier alpha value is -1.55. The van der Waals surface area contributed by atoms with E-state index in [1.54, 1.807) is 24.3 Å². The largest absolute Gasteiger partial charge is 0.412 e. The summed E-state index contributed by atoms with van der Waals surface area (Å²) in [5.41, 5.74) is 5.46. The van der Waals surface area contributed by atoms with Gasteiger partial charge in [-0.15, -0.1) is 0 Å². The molecule has 0 fully saturated rings. The van der Waals surface area contributed by atoms with Crippen LogP contribution in [0.15, 0.2) is 30.3 Å². The zero-order valence-corrected chi connectivity index (χ0v) is 8.07. The average Bonchev–Trinajstić information content (AvgIpc) is 2.16. The summed E-state index contributed by atoms with van der Waals surface area (Å²) < 4.78 is 4.96. The summed E-state index contributed by atoms with van der Waals surface area (Å²) >= 11 is 0. The van der Waals surface area contributed by atoms with Gasteiger partial charge in [0.25, 0.3) is 0 Å². The summed E-state index contributed by atoms with van der Waals surface area (Å²) in [4.78, 5) is 11.1. The van der Waals surface area contributed by atoms with Crippen LogP contribution in [0.2, 0.25) is 0 Å². The van der Waals surface area contributed by atoms with E-state index in [2.05, 4.69) is 5.32 Å². The van der Waals surface area contributed by atoms with Crippen LogP contribution in [0.4, 0.5) is 4.79 Å². The summed E-state index contributed by atoms with van der Waals surface area (Å²) in [6, 6.07) is 8.81. The number of carbonyl (C=O) groups excluding carboxylic acids is 1. The molecule has 0 radical (unpaired) electrons. The van der Waals surface area contributed by atoms with E-state index in [9.17, 15) is 4.79 Å². The van der Waals surface area contributed by atoms with Gasteiger partial charge in [0.2, 0.25) is 0 Å². The second-order valence-corrected chi connectivity index (χ2v) is 3.06. The molecule has 76 valence electrons. The van der Waals surface area contributed by atoms with Crippen molar-refractivity contribution >= 4 is 6.09 Å². The van der Waals surface area contributed by atoms with Gasteiger partial charge in [0.15, 0.2) is 0 Å². The van der Waals surface area contributed by atoms with Gasteiger partial charge in [-0.05, 0) is 19.1 Å². The minimum atomic E-state index is -0.478. The Morgan fingerprint density at radius 3 is 2.71 bits per heavy atom. The Morgan fingerprint density at radius 2 is 2.14 bits per heavy atom. The van der Waals surface area contributed by atoms with E-state index in [1.165, 1.54) is 0 Å². The van der Waals surface area contributed by atoms with Gasteiger partial charge in [-0.1, -0.05) is 18.2 Å². The molecule has 1 amide bonds. The molecule has 0 aromatic heterocycles. The van der Waals surface area contributed by atoms with Gasteiger partial charge in [0.1, 0.15) is 5.75 Å². The third-order valence-electron chi connectivity index (χ3n) is 1.52. The highest BCUT2D eigenvalue weighted by Gasteiger charge is 2.03. The lowest BCUT2D eigenvalue weighted by atomic mass is 10.3. The van der Waals surface area contributed by atoms with Crippen molar-refractivity contribution in [1.82, 2.24) is 5.32 Å². The molecule has 1 atom stereocenters. The number of hydrogen-bond acceptors (Lipinski definition) is 3. The fourth-order valence-corrected chi connectivity index (χ4v) is 0.876. The van der Waals surface area contributed by atoms with Crippen molar-refractivity contribution in [2.45, 2.75) is 13.0 Å². The number of benzene rings is 1. The summed E-state index contributed by atoms with van der Waals surface area (Å²) in [6.07, 6.45) is -0.478. The van der Waals surface area contributed by atoms with Crippen LogP contribution in [-0.2, 0) is 0 Å². The van der Waals surface area contributed by atoms with Crippen molar-refractivity contribution < 1.29 is 9.53 Å². The number of nitrogens with two attached hydrogens (primary N) is 1. The van der Waals surface area contributed by atoms with E-state index >= 15 is 0 Å². The Bertz CT molecular complexity index is 285. The topological polar surface area (TPSA) is 64.3 Å². The summed E-state index contributed by atoms with van der Waals surface area (Å²) in [5, 5.41) is 2.54. The van der Waals surface area contributed by atoms with Crippen LogP contribution in [0.25, 0.3) is 0 Å². The molecule has 1 rings (SSSR count). The first-order valence-electron chi connectivity index (χ1n) is 4.45. The molecule has 1 aromatic rings. The molecule has 0 aliphatic rings. The summed E-state index contributed by atoms with van der Waals surface area (Å²) in [7, 11) is 0. The fraction of sp³-hybridized carbons (Fsp3) is 0.300. The monoisotopic (exact) mass is 194 g/mol. The van der Waals surface area contributed by atoms with E-state index in [0.29, 0.717) is 12.3 Å². The molecule has 4 nitrogen and oxygen atoms in total. The average molecular weight is 194 g/mol. The molecule has 0 heterocycles. The Labute approximate surface area is 83.1 Å². The molecule has 0 saturated carbocycles. The van der Waals surface area contributed by atoms with Gasteiger partial charge in [0, 0.05) is 12.6 Å². The van der Waals surface area contributed by atoms with Gasteiger partial charge in [0.05, 0.1) is 0 Å². The molecule has 4 heteroatoms. The van der Waals surface area contributed by atoms with Crippen molar-refractivity contribution in [3.63, 3.8) is 0 Å². The molecule has 1 unspecified atom stereocenters. The first-order chi connectivity index (χ1) is 6.68. The zero-order valence-electron chi connectivity index (χ0n) is 8.07. The summed E-state index contributed by atoms with van der Waals surface area (Å²) in [6.45, 7) is 2.22. The van der Waals surface area contributed by atoms with E-state index in [4.69, 9.17) is 10.5 Å². The van der Waals surface area contributed by atoms with Crippen molar-refractivity contribution in [2.24, 2.45) is 5.73 Å². The van der Waals surface area contributed by atoms with Crippen LogP contribution < -0.4 is 15.8 Å². The van der Waals surface area contributed by atoms with Crippen LogP contribution in [0.5, 0.6) is 5.75 Å². The van der Waals surface area contributed by atoms with Gasteiger partial charge in [-0.2, -0.15) is 0 Å². The highest BCUT2D eigenvalue weighted by atomic mass is 16.5. The quantitative estimate of drug-likeness (QED) is 0.757. The maximum absolute atomic E-state index is 11.1. The molecule has 3 N–H and O–H groups in total. The number of ether oxygens (including phenoxy) is 1. The molecular formula is C10H14N2O2. The highest BCUT2D eigenvalue weighted by molar-refractivity contribution is 5.70.